The van der Waals surface area contributed by atoms with Crippen molar-refractivity contribution in [2.24, 2.45) is 11.3 Å². The molecule has 1 aliphatic carbocycles. The topological polar surface area (TPSA) is 3.24 Å². The number of hydrogen-bond acceptors (Lipinski definition) is 1. The van der Waals surface area contributed by atoms with E-state index >= 15 is 0 Å². The minimum atomic E-state index is -2.40. The molecule has 2 fully saturated rings. The number of alkyl halides is 2. The molecule has 1 aliphatic heterocycles. The standard InChI is InChI=1S/C15H27F2N/c1-14(2,3)12-4-6-13(7-5-12)18-10-8-15(16,17)9-11-18/h12-13H,4-11H2,1-3H3. The van der Waals surface area contributed by atoms with Crippen LogP contribution in [-0.2, 0) is 0 Å². The van der Waals surface area contributed by atoms with Gasteiger partial charge in [-0.1, -0.05) is 20.8 Å². The molecule has 0 bridgehead atoms. The number of halogens is 2. The molecule has 2 rings (SSSR count). The fourth-order valence-corrected chi connectivity index (χ4v) is 3.52. The quantitative estimate of drug-likeness (QED) is 0.678. The minimum Gasteiger partial charge on any atom is -0.300 e. The number of hydrogen-bond donors (Lipinski definition) is 0. The fourth-order valence-electron chi connectivity index (χ4n) is 3.52. The van der Waals surface area contributed by atoms with Gasteiger partial charge in [-0.05, 0) is 37.0 Å². The molecule has 2 aliphatic rings. The summed E-state index contributed by atoms with van der Waals surface area (Å²) in [5.41, 5.74) is 0.403. The molecule has 0 aromatic heterocycles. The second-order valence-electron chi connectivity index (χ2n) is 7.26. The first-order chi connectivity index (χ1) is 8.28. The van der Waals surface area contributed by atoms with Crippen LogP contribution in [0.4, 0.5) is 8.78 Å². The van der Waals surface area contributed by atoms with Crippen molar-refractivity contribution in [2.45, 2.75) is 71.3 Å². The summed E-state index contributed by atoms with van der Waals surface area (Å²) < 4.78 is 26.3. The summed E-state index contributed by atoms with van der Waals surface area (Å²) in [5.74, 6) is -1.60. The molecule has 0 unspecified atom stereocenters. The highest BCUT2D eigenvalue weighted by Gasteiger charge is 2.38. The average Bonchev–Trinajstić information content (AvgIpc) is 2.28. The van der Waals surface area contributed by atoms with Gasteiger partial charge in [-0.2, -0.15) is 0 Å². The van der Waals surface area contributed by atoms with Gasteiger partial charge >= 0.3 is 0 Å². The zero-order valence-corrected chi connectivity index (χ0v) is 12.0. The second kappa shape index (κ2) is 5.07. The zero-order chi connectivity index (χ0) is 13.4. The molecule has 106 valence electrons. The van der Waals surface area contributed by atoms with Crippen LogP contribution in [0, 0.1) is 11.3 Å². The van der Waals surface area contributed by atoms with E-state index in [0.29, 0.717) is 24.5 Å². The normalized spacial score (nSPS) is 34.5. The molecule has 0 aromatic carbocycles. The molecule has 1 heterocycles. The third-order valence-corrected chi connectivity index (χ3v) is 4.97. The lowest BCUT2D eigenvalue weighted by Gasteiger charge is -2.43. The van der Waals surface area contributed by atoms with Crippen LogP contribution in [-0.4, -0.2) is 30.0 Å². The number of likely N-dealkylation sites (tertiary alicyclic amines) is 1. The van der Waals surface area contributed by atoms with E-state index in [4.69, 9.17) is 0 Å². The van der Waals surface area contributed by atoms with Gasteiger partial charge in [0, 0.05) is 32.0 Å². The Kier molecular flexibility index (Phi) is 4.01. The summed E-state index contributed by atoms with van der Waals surface area (Å²) in [6.45, 7) is 8.15. The zero-order valence-electron chi connectivity index (χ0n) is 12.0. The van der Waals surface area contributed by atoms with Gasteiger partial charge < -0.3 is 0 Å². The van der Waals surface area contributed by atoms with E-state index in [-0.39, 0.29) is 12.8 Å². The summed E-state index contributed by atoms with van der Waals surface area (Å²) in [4.78, 5) is 2.32. The van der Waals surface area contributed by atoms with Crippen molar-refractivity contribution < 1.29 is 8.78 Å². The van der Waals surface area contributed by atoms with E-state index in [1.807, 2.05) is 0 Å². The van der Waals surface area contributed by atoms with E-state index in [1.165, 1.54) is 25.7 Å². The number of rotatable bonds is 1. The monoisotopic (exact) mass is 259 g/mol. The SMILES string of the molecule is CC(C)(C)C1CCC(N2CCC(F)(F)CC2)CC1. The van der Waals surface area contributed by atoms with Crippen LogP contribution in [0.25, 0.3) is 0 Å². The molecule has 0 amide bonds. The van der Waals surface area contributed by atoms with Crippen molar-refractivity contribution in [3.05, 3.63) is 0 Å². The molecule has 0 N–H and O–H groups in total. The fraction of sp³-hybridized carbons (Fsp3) is 1.00. The number of piperidine rings is 1. The first kappa shape index (κ1) is 14.2. The van der Waals surface area contributed by atoms with Crippen LogP contribution in [0.3, 0.4) is 0 Å². The van der Waals surface area contributed by atoms with Crippen LogP contribution in [0.1, 0.15) is 59.3 Å². The first-order valence-corrected chi connectivity index (χ1v) is 7.40. The minimum absolute atomic E-state index is 0.0617. The molecule has 1 saturated heterocycles. The first-order valence-electron chi connectivity index (χ1n) is 7.40. The van der Waals surface area contributed by atoms with Gasteiger partial charge in [0.25, 0.3) is 5.92 Å². The Morgan fingerprint density at radius 1 is 0.944 bits per heavy atom. The van der Waals surface area contributed by atoms with Crippen molar-refractivity contribution in [3.63, 3.8) is 0 Å². The molecule has 1 nitrogen and oxygen atoms in total. The van der Waals surface area contributed by atoms with Crippen molar-refractivity contribution >= 4 is 0 Å². The molecule has 0 radical (unpaired) electrons. The van der Waals surface area contributed by atoms with Crippen molar-refractivity contribution in [2.75, 3.05) is 13.1 Å². The Morgan fingerprint density at radius 2 is 1.44 bits per heavy atom. The van der Waals surface area contributed by atoms with Gasteiger partial charge in [-0.25, -0.2) is 8.78 Å². The molecule has 0 spiro atoms. The Bertz CT molecular complexity index is 265. The van der Waals surface area contributed by atoms with Gasteiger partial charge in [-0.3, -0.25) is 4.90 Å². The second-order valence-corrected chi connectivity index (χ2v) is 7.26. The Morgan fingerprint density at radius 3 is 1.89 bits per heavy atom. The van der Waals surface area contributed by atoms with E-state index in [0.717, 1.165) is 5.92 Å². The van der Waals surface area contributed by atoms with Gasteiger partial charge in [-0.15, -0.1) is 0 Å². The van der Waals surface area contributed by atoms with Crippen molar-refractivity contribution in [1.82, 2.24) is 4.90 Å². The Labute approximate surface area is 110 Å². The van der Waals surface area contributed by atoms with Crippen LogP contribution in [0.2, 0.25) is 0 Å². The third kappa shape index (κ3) is 3.43. The summed E-state index contributed by atoms with van der Waals surface area (Å²) in [7, 11) is 0. The van der Waals surface area contributed by atoms with Crippen LogP contribution >= 0.6 is 0 Å². The highest BCUT2D eigenvalue weighted by Crippen LogP contribution is 2.40. The lowest BCUT2D eigenvalue weighted by atomic mass is 9.71. The van der Waals surface area contributed by atoms with Gasteiger partial charge in [0.15, 0.2) is 0 Å². The van der Waals surface area contributed by atoms with Crippen LogP contribution < -0.4 is 0 Å². The lowest BCUT2D eigenvalue weighted by Crippen LogP contribution is -2.46. The maximum atomic E-state index is 13.1. The Balaban J connectivity index is 1.80. The molecule has 3 heteroatoms. The highest BCUT2D eigenvalue weighted by atomic mass is 19.3. The predicted octanol–water partition coefficient (Wildman–Crippen LogP) is 4.32. The van der Waals surface area contributed by atoms with E-state index in [2.05, 4.69) is 25.7 Å². The maximum absolute atomic E-state index is 13.1. The smallest absolute Gasteiger partial charge is 0.250 e. The summed E-state index contributed by atoms with van der Waals surface area (Å²) in [6, 6.07) is 0.569. The molecule has 18 heavy (non-hydrogen) atoms. The molecule has 1 saturated carbocycles. The third-order valence-electron chi connectivity index (χ3n) is 4.97. The van der Waals surface area contributed by atoms with Crippen LogP contribution in [0.15, 0.2) is 0 Å². The van der Waals surface area contributed by atoms with Gasteiger partial charge in [0.05, 0.1) is 0 Å². The van der Waals surface area contributed by atoms with Crippen LogP contribution in [0.5, 0.6) is 0 Å². The van der Waals surface area contributed by atoms with Gasteiger partial charge in [0.2, 0.25) is 0 Å². The van der Waals surface area contributed by atoms with Crippen molar-refractivity contribution in [1.29, 1.82) is 0 Å². The van der Waals surface area contributed by atoms with E-state index < -0.39 is 5.92 Å². The highest BCUT2D eigenvalue weighted by molar-refractivity contribution is 4.87. The molecule has 0 atom stereocenters. The predicted molar refractivity (Wildman–Crippen MR) is 71.0 cm³/mol. The summed E-state index contributed by atoms with van der Waals surface area (Å²) in [5, 5.41) is 0. The van der Waals surface area contributed by atoms with E-state index in [9.17, 15) is 8.78 Å². The average molecular weight is 259 g/mol. The summed E-state index contributed by atoms with van der Waals surface area (Å²) in [6.07, 6.45) is 5.06. The van der Waals surface area contributed by atoms with Crippen molar-refractivity contribution in [3.8, 4) is 0 Å². The lowest BCUT2D eigenvalue weighted by molar-refractivity contribution is -0.0678. The van der Waals surface area contributed by atoms with E-state index in [1.54, 1.807) is 0 Å². The molecular weight excluding hydrogens is 232 g/mol. The summed E-state index contributed by atoms with van der Waals surface area (Å²) >= 11 is 0. The number of nitrogens with zero attached hydrogens (tertiary/aromatic N) is 1. The molecular formula is C15H27F2N. The maximum Gasteiger partial charge on any atom is 0.250 e. The van der Waals surface area contributed by atoms with Gasteiger partial charge in [0.1, 0.15) is 0 Å². The largest absolute Gasteiger partial charge is 0.300 e. The molecule has 0 aromatic rings. The Hall–Kier alpha value is -0.180.